The summed E-state index contributed by atoms with van der Waals surface area (Å²) in [7, 11) is 0. The number of aliphatic carboxylic acids is 2. The maximum atomic E-state index is 13.7. The van der Waals surface area contributed by atoms with Gasteiger partial charge < -0.3 is 31.1 Å². The third-order valence-electron chi connectivity index (χ3n) is 7.74. The number of nitrogens with one attached hydrogen (secondary N) is 4. The van der Waals surface area contributed by atoms with E-state index in [1.165, 1.54) is 0 Å². The van der Waals surface area contributed by atoms with Crippen LogP contribution in [0.5, 0.6) is 0 Å². The summed E-state index contributed by atoms with van der Waals surface area (Å²) in [6, 6.07) is 20.0. The Hall–Kier alpha value is -5.78. The second-order valence-corrected chi connectivity index (χ2v) is 11.9. The molecule has 0 radical (unpaired) electrons. The van der Waals surface area contributed by atoms with E-state index >= 15 is 0 Å². The van der Waals surface area contributed by atoms with Gasteiger partial charge in [-0.1, -0.05) is 86.6 Å². The quantitative estimate of drug-likeness (QED) is 0.0991. The van der Waals surface area contributed by atoms with E-state index in [0.29, 0.717) is 11.1 Å². The summed E-state index contributed by atoms with van der Waals surface area (Å²) >= 11 is 0. The number of H-pyrrole nitrogens is 1. The molecular weight excluding hydrogens is 616 g/mol. The zero-order valence-electron chi connectivity index (χ0n) is 26.6. The molecule has 0 aliphatic rings. The molecule has 250 valence electrons. The third-order valence-corrected chi connectivity index (χ3v) is 7.74. The highest BCUT2D eigenvalue weighted by atomic mass is 16.4. The molecule has 0 unspecified atom stereocenters. The van der Waals surface area contributed by atoms with Gasteiger partial charge in [-0.3, -0.25) is 24.0 Å². The largest absolute Gasteiger partial charge is 0.481 e. The summed E-state index contributed by atoms with van der Waals surface area (Å²) in [6.07, 6.45) is 0.634. The molecule has 0 saturated heterocycles. The van der Waals surface area contributed by atoms with Crippen molar-refractivity contribution in [3.63, 3.8) is 0 Å². The highest BCUT2D eigenvalue weighted by Gasteiger charge is 2.32. The van der Waals surface area contributed by atoms with Gasteiger partial charge in [0, 0.05) is 29.9 Å². The van der Waals surface area contributed by atoms with Crippen LogP contribution in [0.2, 0.25) is 0 Å². The monoisotopic (exact) mass is 654 g/mol. The Bertz CT molecular complexity index is 1780. The summed E-state index contributed by atoms with van der Waals surface area (Å²) in [5.41, 5.74) is 4.00. The summed E-state index contributed by atoms with van der Waals surface area (Å²) < 4.78 is 0. The van der Waals surface area contributed by atoms with Crippen molar-refractivity contribution in [1.29, 1.82) is 0 Å². The number of amides is 3. The molecule has 3 atom stereocenters. The minimum absolute atomic E-state index is 0.0280. The first-order chi connectivity index (χ1) is 22.9. The van der Waals surface area contributed by atoms with Gasteiger partial charge in [0.15, 0.2) is 0 Å². The first-order valence-electron chi connectivity index (χ1n) is 15.5. The normalized spacial score (nSPS) is 12.9. The minimum atomic E-state index is -1.72. The van der Waals surface area contributed by atoms with Crippen molar-refractivity contribution >= 4 is 46.3 Å². The topological polar surface area (TPSA) is 195 Å². The first-order valence-corrected chi connectivity index (χ1v) is 15.5. The van der Waals surface area contributed by atoms with E-state index in [-0.39, 0.29) is 25.2 Å². The van der Waals surface area contributed by atoms with Crippen molar-refractivity contribution in [2.45, 2.75) is 57.7 Å². The van der Waals surface area contributed by atoms with Crippen molar-refractivity contribution in [2.24, 2.45) is 5.92 Å². The number of rotatable bonds is 16. The van der Waals surface area contributed by atoms with Crippen molar-refractivity contribution in [3.8, 4) is 11.1 Å². The maximum Gasteiger partial charge on any atom is 0.326 e. The molecular formula is C36H38N4O8. The Morgan fingerprint density at radius 2 is 1.31 bits per heavy atom. The lowest BCUT2D eigenvalue weighted by atomic mass is 9.98. The first kappa shape index (κ1) is 35.1. The molecule has 0 saturated carbocycles. The van der Waals surface area contributed by atoms with Gasteiger partial charge in [-0.2, -0.15) is 0 Å². The fourth-order valence-corrected chi connectivity index (χ4v) is 5.30. The average Bonchev–Trinajstić information content (AvgIpc) is 3.46. The molecule has 4 aromatic rings. The molecule has 0 bridgehead atoms. The third kappa shape index (κ3) is 9.61. The van der Waals surface area contributed by atoms with Crippen LogP contribution in [0.3, 0.4) is 0 Å². The molecule has 0 aliphatic heterocycles. The lowest BCUT2D eigenvalue weighted by Crippen LogP contribution is -2.57. The molecule has 3 aromatic carbocycles. The number of carboxylic acids is 2. The van der Waals surface area contributed by atoms with E-state index in [1.54, 1.807) is 32.2 Å². The molecule has 3 amide bonds. The summed E-state index contributed by atoms with van der Waals surface area (Å²) in [6.45, 7) is 3.57. The van der Waals surface area contributed by atoms with Crippen LogP contribution < -0.4 is 16.0 Å². The number of benzene rings is 3. The highest BCUT2D eigenvalue weighted by Crippen LogP contribution is 2.21. The number of Topliss-reactive ketones (excluding diaryl/α,β-unsaturated/α-hetero) is 1. The van der Waals surface area contributed by atoms with E-state index in [9.17, 15) is 33.9 Å². The lowest BCUT2D eigenvalue weighted by molar-refractivity contribution is -0.147. The zero-order valence-corrected chi connectivity index (χ0v) is 26.6. The predicted octanol–water partition coefficient (Wildman–Crippen LogP) is 3.25. The Kier molecular flexibility index (Phi) is 11.8. The van der Waals surface area contributed by atoms with Crippen LogP contribution in [0.4, 0.5) is 0 Å². The SMILES string of the molecule is CC(C)C[C@@H](NC(=O)[C@H](Cc1ccc(-c2ccccc2)cc1)NC(=O)C(=O)Cc1c[nH]c2ccccc12)C(=O)N[C@@H](CC(=O)O)C(=O)O. The molecule has 1 heterocycles. The number of para-hydroxylation sites is 1. The van der Waals surface area contributed by atoms with Crippen LogP contribution in [-0.2, 0) is 41.6 Å². The number of carbonyl (C=O) groups excluding carboxylic acids is 4. The highest BCUT2D eigenvalue weighted by molar-refractivity contribution is 6.37. The van der Waals surface area contributed by atoms with Crippen LogP contribution in [0.1, 0.15) is 37.8 Å². The number of ketones is 1. The van der Waals surface area contributed by atoms with Crippen LogP contribution in [0, 0.1) is 5.92 Å². The maximum absolute atomic E-state index is 13.7. The second kappa shape index (κ2) is 16.2. The van der Waals surface area contributed by atoms with Gasteiger partial charge in [-0.15, -0.1) is 0 Å². The summed E-state index contributed by atoms with van der Waals surface area (Å²) in [5.74, 6) is -6.53. The Morgan fingerprint density at radius 1 is 0.708 bits per heavy atom. The number of fused-ring (bicyclic) bond motifs is 1. The Labute approximate surface area is 276 Å². The number of aromatic amines is 1. The summed E-state index contributed by atoms with van der Waals surface area (Å²) in [5, 5.41) is 26.6. The van der Waals surface area contributed by atoms with Gasteiger partial charge >= 0.3 is 11.9 Å². The fourth-order valence-electron chi connectivity index (χ4n) is 5.30. The lowest BCUT2D eigenvalue weighted by Gasteiger charge is -2.25. The molecule has 1 aromatic heterocycles. The van der Waals surface area contributed by atoms with E-state index in [4.69, 9.17) is 5.11 Å². The molecule has 0 spiro atoms. The van der Waals surface area contributed by atoms with Crippen molar-refractivity contribution in [3.05, 3.63) is 96.2 Å². The number of aromatic nitrogens is 1. The van der Waals surface area contributed by atoms with Crippen molar-refractivity contribution in [2.75, 3.05) is 0 Å². The van der Waals surface area contributed by atoms with Crippen molar-refractivity contribution in [1.82, 2.24) is 20.9 Å². The molecule has 12 nitrogen and oxygen atoms in total. The van der Waals surface area contributed by atoms with Crippen LogP contribution >= 0.6 is 0 Å². The number of hydrogen-bond donors (Lipinski definition) is 6. The van der Waals surface area contributed by atoms with Crippen LogP contribution in [0.15, 0.2) is 85.1 Å². The number of carbonyl (C=O) groups is 6. The zero-order chi connectivity index (χ0) is 34.8. The molecule has 0 aliphatic carbocycles. The molecule has 0 fully saturated rings. The molecule has 48 heavy (non-hydrogen) atoms. The molecule has 6 N–H and O–H groups in total. The van der Waals surface area contributed by atoms with E-state index in [1.807, 2.05) is 66.7 Å². The van der Waals surface area contributed by atoms with Gasteiger partial charge in [0.05, 0.1) is 6.42 Å². The smallest absolute Gasteiger partial charge is 0.326 e. The van der Waals surface area contributed by atoms with Gasteiger partial charge in [-0.25, -0.2) is 4.79 Å². The predicted molar refractivity (Wildman–Crippen MR) is 178 cm³/mol. The minimum Gasteiger partial charge on any atom is -0.481 e. The van der Waals surface area contributed by atoms with Gasteiger partial charge in [-0.05, 0) is 40.7 Å². The Morgan fingerprint density at radius 3 is 1.96 bits per heavy atom. The summed E-state index contributed by atoms with van der Waals surface area (Å²) in [4.78, 5) is 79.0. The molecule has 4 rings (SSSR count). The van der Waals surface area contributed by atoms with Crippen LogP contribution in [0.25, 0.3) is 22.0 Å². The van der Waals surface area contributed by atoms with Gasteiger partial charge in [0.25, 0.3) is 5.91 Å². The fraction of sp³-hybridized carbons (Fsp3) is 0.278. The second-order valence-electron chi connectivity index (χ2n) is 11.9. The van der Waals surface area contributed by atoms with E-state index < -0.39 is 60.0 Å². The number of hydrogen-bond acceptors (Lipinski definition) is 6. The van der Waals surface area contributed by atoms with E-state index in [2.05, 4.69) is 20.9 Å². The van der Waals surface area contributed by atoms with E-state index in [0.717, 1.165) is 22.0 Å². The van der Waals surface area contributed by atoms with Gasteiger partial charge in [0.2, 0.25) is 17.6 Å². The van der Waals surface area contributed by atoms with Crippen molar-refractivity contribution < 1.29 is 39.0 Å². The van der Waals surface area contributed by atoms with Gasteiger partial charge in [0.1, 0.15) is 18.1 Å². The van der Waals surface area contributed by atoms with Crippen LogP contribution in [-0.4, -0.2) is 68.8 Å². The number of carboxylic acid groups (broad SMARTS) is 2. The average molecular weight is 655 g/mol. The standard InChI is InChI=1S/C36H38N4O8/c1-21(2)16-28(33(44)40-30(36(47)48)19-32(42)43)38-34(45)29(17-22-12-14-24(15-13-22)23-8-4-3-5-9-23)39-35(46)31(41)18-25-20-37-27-11-7-6-10-26(25)27/h3-15,20-21,28-30,37H,16-19H2,1-2H3,(H,38,45)(H,39,46)(H,40,44)(H,42,43)(H,47,48)/t28-,29+,30+/m1/s1. The Balaban J connectivity index is 1.55. The molecule has 12 heteroatoms.